The molecule has 0 saturated heterocycles. The molecule has 0 heterocycles. The molecule has 0 aromatic heterocycles. The van der Waals surface area contributed by atoms with Crippen molar-refractivity contribution >= 4 is 21.7 Å². The Morgan fingerprint density at radius 2 is 1.88 bits per heavy atom. The van der Waals surface area contributed by atoms with Gasteiger partial charge in [0, 0.05) is 5.56 Å². The van der Waals surface area contributed by atoms with Crippen molar-refractivity contribution in [3.63, 3.8) is 0 Å². The van der Waals surface area contributed by atoms with Crippen LogP contribution < -0.4 is 0 Å². The highest BCUT2D eigenvalue weighted by atomic mass is 79.9. The second kappa shape index (κ2) is 5.46. The van der Waals surface area contributed by atoms with E-state index in [1.165, 1.54) is 11.1 Å². The van der Waals surface area contributed by atoms with Crippen molar-refractivity contribution < 1.29 is 4.79 Å². The average molecular weight is 291 g/mol. The predicted molar refractivity (Wildman–Crippen MR) is 75.2 cm³/mol. The van der Waals surface area contributed by atoms with Crippen LogP contribution in [0.5, 0.6) is 0 Å². The van der Waals surface area contributed by atoms with Gasteiger partial charge >= 0.3 is 0 Å². The Bertz CT molecular complexity index is 504. The minimum absolute atomic E-state index is 0.156. The van der Waals surface area contributed by atoms with Crippen LogP contribution in [-0.2, 0) is 6.42 Å². The van der Waals surface area contributed by atoms with Crippen molar-refractivity contribution in [2.75, 3.05) is 5.33 Å². The van der Waals surface area contributed by atoms with E-state index in [0.717, 1.165) is 24.0 Å². The van der Waals surface area contributed by atoms with E-state index in [1.807, 2.05) is 24.3 Å². The molecule has 2 rings (SSSR count). The van der Waals surface area contributed by atoms with E-state index in [-0.39, 0.29) is 5.78 Å². The van der Waals surface area contributed by atoms with Gasteiger partial charge in [0.2, 0.25) is 0 Å². The fourth-order valence-electron chi connectivity index (χ4n) is 2.17. The van der Waals surface area contributed by atoms with Crippen LogP contribution in [0.3, 0.4) is 0 Å². The molecule has 1 nitrogen and oxygen atoms in total. The molecule has 2 aliphatic rings. The monoisotopic (exact) mass is 290 g/mol. The van der Waals surface area contributed by atoms with Crippen LogP contribution in [0, 0.1) is 0 Å². The van der Waals surface area contributed by atoms with Gasteiger partial charge in [-0.05, 0) is 29.2 Å². The predicted octanol–water partition coefficient (Wildman–Crippen LogP) is 4.32. The van der Waals surface area contributed by atoms with E-state index in [0.29, 0.717) is 5.33 Å². The number of carbonyl (C=O) groups excluding carboxylic acids is 1. The van der Waals surface area contributed by atoms with Gasteiger partial charge in [0.1, 0.15) is 0 Å². The molecule has 0 aliphatic heterocycles. The highest BCUT2D eigenvalue weighted by Crippen LogP contribution is 2.33. The highest BCUT2D eigenvalue weighted by molar-refractivity contribution is 9.09. The van der Waals surface area contributed by atoms with Crippen LogP contribution in [0.15, 0.2) is 36.4 Å². The molecule has 0 saturated carbocycles. The summed E-state index contributed by atoms with van der Waals surface area (Å²) in [6, 6.07) is 12.2. The number of hydrogen-bond acceptors (Lipinski definition) is 1. The second-order valence-corrected chi connectivity index (χ2v) is 4.69. The van der Waals surface area contributed by atoms with E-state index >= 15 is 0 Å². The molecule has 0 N–H and O–H groups in total. The first-order chi connectivity index (χ1) is 8.27. The quantitative estimate of drug-likeness (QED) is 0.605. The van der Waals surface area contributed by atoms with Crippen LogP contribution in [0.4, 0.5) is 0 Å². The van der Waals surface area contributed by atoms with Gasteiger partial charge in [-0.2, -0.15) is 0 Å². The van der Waals surface area contributed by atoms with Gasteiger partial charge in [-0.25, -0.2) is 0 Å². The summed E-state index contributed by atoms with van der Waals surface area (Å²) in [7, 11) is 0. The Morgan fingerprint density at radius 3 is 2.53 bits per heavy atom. The number of rotatable bonds is 4. The summed E-state index contributed by atoms with van der Waals surface area (Å²) < 4.78 is 0. The molecule has 0 aromatic rings. The zero-order valence-electron chi connectivity index (χ0n) is 9.87. The van der Waals surface area contributed by atoms with Crippen LogP contribution in [-0.4, -0.2) is 11.1 Å². The molecule has 88 valence electrons. The topological polar surface area (TPSA) is 17.1 Å². The lowest BCUT2D eigenvalue weighted by molar-refractivity contribution is 0.102. The molecule has 0 unspecified atom stereocenters. The lowest BCUT2D eigenvalue weighted by atomic mass is 10.0. The molecule has 17 heavy (non-hydrogen) atoms. The number of aryl methyl sites for hydroxylation is 1. The van der Waals surface area contributed by atoms with Crippen LogP contribution in [0.1, 0.15) is 29.3 Å². The van der Waals surface area contributed by atoms with E-state index in [2.05, 4.69) is 35.0 Å². The molecule has 2 aliphatic carbocycles. The Morgan fingerprint density at radius 1 is 1.18 bits per heavy atom. The number of fused-ring (bicyclic) bond motifs is 1. The summed E-state index contributed by atoms with van der Waals surface area (Å²) in [6.45, 7) is 2.16. The molecule has 0 fully saturated rings. The Labute approximate surface area is 110 Å². The molecular weight excluding hydrogens is 276 g/mol. The maximum atomic E-state index is 11.9. The molecule has 0 amide bonds. The summed E-state index contributed by atoms with van der Waals surface area (Å²) >= 11 is 3.25. The van der Waals surface area contributed by atoms with Gasteiger partial charge < -0.3 is 0 Å². The largest absolute Gasteiger partial charge is 0.293 e. The SMILES string of the molecule is CCCc1cc(C(=O)CBr)c2cccccc1-2. The van der Waals surface area contributed by atoms with Crippen LogP contribution >= 0.6 is 15.9 Å². The number of alkyl halides is 1. The molecule has 0 radical (unpaired) electrons. The highest BCUT2D eigenvalue weighted by Gasteiger charge is 2.18. The van der Waals surface area contributed by atoms with Gasteiger partial charge in [0.15, 0.2) is 5.78 Å². The lowest BCUT2D eigenvalue weighted by Crippen LogP contribution is -1.98. The number of carbonyl (C=O) groups is 1. The van der Waals surface area contributed by atoms with Gasteiger partial charge in [-0.3, -0.25) is 4.79 Å². The Kier molecular flexibility index (Phi) is 3.95. The first-order valence-corrected chi connectivity index (χ1v) is 7.00. The van der Waals surface area contributed by atoms with Gasteiger partial charge in [0.25, 0.3) is 0 Å². The average Bonchev–Trinajstić information content (AvgIpc) is 2.54. The fourth-order valence-corrected chi connectivity index (χ4v) is 2.47. The molecule has 0 aromatic carbocycles. The Hall–Kier alpha value is -1.15. The zero-order chi connectivity index (χ0) is 12.3. The van der Waals surface area contributed by atoms with E-state index in [4.69, 9.17) is 0 Å². The fraction of sp³-hybridized carbons (Fsp3) is 0.267. The molecule has 0 bridgehead atoms. The smallest absolute Gasteiger partial charge is 0.174 e. The van der Waals surface area contributed by atoms with E-state index < -0.39 is 0 Å². The summed E-state index contributed by atoms with van der Waals surface area (Å²) in [4.78, 5) is 11.9. The molecule has 2 heteroatoms. The molecule has 0 spiro atoms. The summed E-state index contributed by atoms with van der Waals surface area (Å²) in [6.07, 6.45) is 2.12. The number of hydrogen-bond donors (Lipinski definition) is 0. The first-order valence-electron chi connectivity index (χ1n) is 5.87. The van der Waals surface area contributed by atoms with Crippen molar-refractivity contribution in [3.05, 3.63) is 47.5 Å². The van der Waals surface area contributed by atoms with Crippen LogP contribution in [0.2, 0.25) is 0 Å². The van der Waals surface area contributed by atoms with E-state index in [1.54, 1.807) is 0 Å². The minimum Gasteiger partial charge on any atom is -0.293 e. The minimum atomic E-state index is 0.156. The van der Waals surface area contributed by atoms with Crippen molar-refractivity contribution in [1.82, 2.24) is 0 Å². The van der Waals surface area contributed by atoms with Crippen molar-refractivity contribution in [2.45, 2.75) is 19.8 Å². The van der Waals surface area contributed by atoms with Crippen LogP contribution in [0.25, 0.3) is 11.1 Å². The van der Waals surface area contributed by atoms with Gasteiger partial charge in [0.05, 0.1) is 5.33 Å². The zero-order valence-corrected chi connectivity index (χ0v) is 11.5. The normalized spacial score (nSPS) is 10.7. The maximum Gasteiger partial charge on any atom is 0.174 e. The number of ketones is 1. The number of Topliss-reactive ketones (excluding diaryl/α,β-unsaturated/α-hetero) is 1. The van der Waals surface area contributed by atoms with Crippen molar-refractivity contribution in [3.8, 4) is 11.1 Å². The first kappa shape index (κ1) is 12.3. The lowest BCUT2D eigenvalue weighted by Gasteiger charge is -1.99. The molecule has 0 atom stereocenters. The van der Waals surface area contributed by atoms with Gasteiger partial charge in [-0.1, -0.05) is 59.6 Å². The van der Waals surface area contributed by atoms with Gasteiger partial charge in [-0.15, -0.1) is 0 Å². The number of halogens is 1. The standard InChI is InChI=1S/C15H15BrO/c1-2-6-11-9-14(15(17)10-16)13-8-5-3-4-7-12(11)13/h3-5,7-9H,2,6,10H2,1H3. The third-order valence-electron chi connectivity index (χ3n) is 2.93. The summed E-state index contributed by atoms with van der Waals surface area (Å²) in [5, 5.41) is 0.385. The van der Waals surface area contributed by atoms with Crippen molar-refractivity contribution in [2.24, 2.45) is 0 Å². The molecular formula is C15H15BrO. The van der Waals surface area contributed by atoms with E-state index in [9.17, 15) is 4.79 Å². The summed E-state index contributed by atoms with van der Waals surface area (Å²) in [5.74, 6) is 0.156. The second-order valence-electron chi connectivity index (χ2n) is 4.13. The van der Waals surface area contributed by atoms with Crippen molar-refractivity contribution in [1.29, 1.82) is 0 Å². The Balaban J connectivity index is 2.59. The summed E-state index contributed by atoms with van der Waals surface area (Å²) in [5.41, 5.74) is 4.41. The third kappa shape index (κ3) is 2.42. The maximum absolute atomic E-state index is 11.9. The third-order valence-corrected chi connectivity index (χ3v) is 3.44.